The summed E-state index contributed by atoms with van der Waals surface area (Å²) in [5.74, 6) is 0. The minimum Gasteiger partial charge on any atom is -0.310 e. The van der Waals surface area contributed by atoms with Crippen molar-refractivity contribution in [3.05, 3.63) is 38.9 Å². The topological polar surface area (TPSA) is 55.2 Å². The maximum atomic E-state index is 10.7. The zero-order chi connectivity index (χ0) is 15.0. The third kappa shape index (κ3) is 5.47. The first-order chi connectivity index (χ1) is 9.58. The second-order valence-electron chi connectivity index (χ2n) is 5.04. The van der Waals surface area contributed by atoms with Gasteiger partial charge in [-0.2, -0.15) is 0 Å². The van der Waals surface area contributed by atoms with Gasteiger partial charge in [-0.1, -0.05) is 44.7 Å². The fourth-order valence-corrected chi connectivity index (χ4v) is 2.44. The minimum atomic E-state index is -0.426. The molecule has 1 aromatic rings. The van der Waals surface area contributed by atoms with Crippen molar-refractivity contribution in [1.82, 2.24) is 5.32 Å². The highest BCUT2D eigenvalue weighted by molar-refractivity contribution is 6.31. The van der Waals surface area contributed by atoms with Gasteiger partial charge in [0.15, 0.2) is 0 Å². The van der Waals surface area contributed by atoms with Crippen molar-refractivity contribution in [3.63, 3.8) is 0 Å². The molecule has 0 bridgehead atoms. The van der Waals surface area contributed by atoms with E-state index >= 15 is 0 Å². The molecule has 112 valence electrons. The number of benzene rings is 1. The molecule has 0 aliphatic heterocycles. The van der Waals surface area contributed by atoms with Crippen LogP contribution in [0.25, 0.3) is 0 Å². The van der Waals surface area contributed by atoms with Gasteiger partial charge in [-0.3, -0.25) is 10.1 Å². The van der Waals surface area contributed by atoms with Gasteiger partial charge in [-0.25, -0.2) is 0 Å². The average molecular weight is 299 g/mol. The van der Waals surface area contributed by atoms with Crippen LogP contribution in [-0.4, -0.2) is 11.0 Å². The van der Waals surface area contributed by atoms with Gasteiger partial charge in [0, 0.05) is 24.7 Å². The number of halogens is 1. The second kappa shape index (κ2) is 8.93. The highest BCUT2D eigenvalue weighted by atomic mass is 35.5. The lowest BCUT2D eigenvalue weighted by atomic mass is 10.0. The van der Waals surface area contributed by atoms with Crippen molar-refractivity contribution in [2.24, 2.45) is 0 Å². The number of nitrogens with one attached hydrogen (secondary N) is 1. The fraction of sp³-hybridized carbons (Fsp3) is 0.600. The number of hydrogen-bond acceptors (Lipinski definition) is 3. The van der Waals surface area contributed by atoms with Crippen LogP contribution in [0.15, 0.2) is 18.2 Å². The van der Waals surface area contributed by atoms with E-state index < -0.39 is 4.92 Å². The van der Waals surface area contributed by atoms with Crippen molar-refractivity contribution in [1.29, 1.82) is 0 Å². The van der Waals surface area contributed by atoms with E-state index in [0.717, 1.165) is 24.8 Å². The molecule has 20 heavy (non-hydrogen) atoms. The molecule has 0 saturated heterocycles. The standard InChI is InChI=1S/C15H23ClN2O2/c1-3-5-7-13(6-4-2)17-11-12-8-9-14(18(19)20)10-15(12)16/h8-10,13,17H,3-7,11H2,1-2H3. The summed E-state index contributed by atoms with van der Waals surface area (Å²) < 4.78 is 0. The van der Waals surface area contributed by atoms with E-state index in [9.17, 15) is 10.1 Å². The van der Waals surface area contributed by atoms with Crippen LogP contribution < -0.4 is 5.32 Å². The van der Waals surface area contributed by atoms with Crippen molar-refractivity contribution in [2.75, 3.05) is 0 Å². The van der Waals surface area contributed by atoms with Crippen LogP contribution >= 0.6 is 11.6 Å². The molecule has 1 atom stereocenters. The Morgan fingerprint density at radius 2 is 2.05 bits per heavy atom. The Balaban J connectivity index is 2.60. The molecule has 1 N–H and O–H groups in total. The maximum absolute atomic E-state index is 10.7. The number of hydrogen-bond donors (Lipinski definition) is 1. The number of nitrogens with zero attached hydrogens (tertiary/aromatic N) is 1. The van der Waals surface area contributed by atoms with Crippen LogP contribution in [0.1, 0.15) is 51.5 Å². The largest absolute Gasteiger partial charge is 0.310 e. The Hall–Kier alpha value is -1.13. The highest BCUT2D eigenvalue weighted by Crippen LogP contribution is 2.22. The quantitative estimate of drug-likeness (QED) is 0.531. The lowest BCUT2D eigenvalue weighted by molar-refractivity contribution is -0.384. The molecule has 0 amide bonds. The van der Waals surface area contributed by atoms with E-state index in [1.54, 1.807) is 6.07 Å². The van der Waals surface area contributed by atoms with Gasteiger partial charge in [0.25, 0.3) is 5.69 Å². The van der Waals surface area contributed by atoms with Crippen molar-refractivity contribution >= 4 is 17.3 Å². The van der Waals surface area contributed by atoms with Gasteiger partial charge in [0.1, 0.15) is 0 Å². The van der Waals surface area contributed by atoms with Crippen LogP contribution in [0, 0.1) is 10.1 Å². The lowest BCUT2D eigenvalue weighted by Gasteiger charge is -2.18. The minimum absolute atomic E-state index is 0.0369. The zero-order valence-corrected chi connectivity index (χ0v) is 12.9. The summed E-state index contributed by atoms with van der Waals surface area (Å²) in [5.41, 5.74) is 0.949. The molecule has 0 saturated carbocycles. The molecular formula is C15H23ClN2O2. The van der Waals surface area contributed by atoms with Crippen molar-refractivity contribution < 1.29 is 4.92 Å². The third-order valence-electron chi connectivity index (χ3n) is 3.37. The molecule has 0 aromatic heterocycles. The van der Waals surface area contributed by atoms with Crippen LogP contribution in [0.3, 0.4) is 0 Å². The normalized spacial score (nSPS) is 12.3. The number of nitro benzene ring substituents is 1. The van der Waals surface area contributed by atoms with Gasteiger partial charge in [-0.05, 0) is 24.5 Å². The highest BCUT2D eigenvalue weighted by Gasteiger charge is 2.11. The Bertz CT molecular complexity index is 438. The lowest BCUT2D eigenvalue weighted by Crippen LogP contribution is -2.28. The van der Waals surface area contributed by atoms with Crippen LogP contribution in [-0.2, 0) is 6.54 Å². The zero-order valence-electron chi connectivity index (χ0n) is 12.2. The van der Waals surface area contributed by atoms with E-state index in [2.05, 4.69) is 19.2 Å². The first-order valence-corrected chi connectivity index (χ1v) is 7.62. The second-order valence-corrected chi connectivity index (χ2v) is 5.45. The molecular weight excluding hydrogens is 276 g/mol. The predicted octanol–water partition coefficient (Wildman–Crippen LogP) is 4.70. The SMILES string of the molecule is CCCCC(CCC)NCc1ccc([N+](=O)[O-])cc1Cl. The van der Waals surface area contributed by atoms with Gasteiger partial charge < -0.3 is 5.32 Å². The Labute approximate surface area is 125 Å². The molecule has 4 nitrogen and oxygen atoms in total. The predicted molar refractivity (Wildman–Crippen MR) is 83.2 cm³/mol. The van der Waals surface area contributed by atoms with Gasteiger partial charge >= 0.3 is 0 Å². The first-order valence-electron chi connectivity index (χ1n) is 7.24. The van der Waals surface area contributed by atoms with Crippen LogP contribution in [0.5, 0.6) is 0 Å². The van der Waals surface area contributed by atoms with Crippen molar-refractivity contribution in [3.8, 4) is 0 Å². The van der Waals surface area contributed by atoms with Crippen LogP contribution in [0.2, 0.25) is 5.02 Å². The summed E-state index contributed by atoms with van der Waals surface area (Å²) in [7, 11) is 0. The fourth-order valence-electron chi connectivity index (χ4n) is 2.19. The first kappa shape index (κ1) is 16.9. The van der Waals surface area contributed by atoms with E-state index in [4.69, 9.17) is 11.6 Å². The van der Waals surface area contributed by atoms with E-state index in [1.165, 1.54) is 25.0 Å². The molecule has 0 radical (unpaired) electrons. The van der Waals surface area contributed by atoms with Crippen LogP contribution in [0.4, 0.5) is 5.69 Å². The number of nitro groups is 1. The summed E-state index contributed by atoms with van der Waals surface area (Å²) in [5, 5.41) is 14.6. The molecule has 0 fully saturated rings. The maximum Gasteiger partial charge on any atom is 0.270 e. The summed E-state index contributed by atoms with van der Waals surface area (Å²) in [6, 6.07) is 5.14. The van der Waals surface area contributed by atoms with Gasteiger partial charge in [0.05, 0.1) is 9.95 Å². The summed E-state index contributed by atoms with van der Waals surface area (Å²) in [6.45, 7) is 5.03. The Morgan fingerprint density at radius 3 is 2.60 bits per heavy atom. The third-order valence-corrected chi connectivity index (χ3v) is 3.72. The molecule has 0 aliphatic rings. The number of unbranched alkanes of at least 4 members (excludes halogenated alkanes) is 1. The van der Waals surface area contributed by atoms with E-state index in [1.807, 2.05) is 0 Å². The number of rotatable bonds is 9. The Kier molecular flexibility index (Phi) is 7.55. The summed E-state index contributed by atoms with van der Waals surface area (Å²) in [4.78, 5) is 10.2. The molecule has 0 spiro atoms. The summed E-state index contributed by atoms with van der Waals surface area (Å²) in [6.07, 6.45) is 5.86. The molecule has 0 aliphatic carbocycles. The molecule has 1 rings (SSSR count). The molecule has 1 aromatic carbocycles. The van der Waals surface area contributed by atoms with Crippen molar-refractivity contribution in [2.45, 2.75) is 58.5 Å². The van der Waals surface area contributed by atoms with Gasteiger partial charge in [-0.15, -0.1) is 0 Å². The molecule has 5 heteroatoms. The number of non-ortho nitro benzene ring substituents is 1. The molecule has 1 unspecified atom stereocenters. The van der Waals surface area contributed by atoms with E-state index in [-0.39, 0.29) is 5.69 Å². The Morgan fingerprint density at radius 1 is 1.30 bits per heavy atom. The van der Waals surface area contributed by atoms with E-state index in [0.29, 0.717) is 17.6 Å². The smallest absolute Gasteiger partial charge is 0.270 e. The van der Waals surface area contributed by atoms with Gasteiger partial charge in [0.2, 0.25) is 0 Å². The summed E-state index contributed by atoms with van der Waals surface area (Å²) >= 11 is 6.09. The monoisotopic (exact) mass is 298 g/mol. The average Bonchev–Trinajstić information content (AvgIpc) is 2.42. The molecule has 0 heterocycles.